The van der Waals surface area contributed by atoms with Crippen LogP contribution >= 0.6 is 0 Å². The largest absolute Gasteiger partial charge is 0.497 e. The number of benzene rings is 1. The average molecular weight is 344 g/mol. The fourth-order valence-corrected chi connectivity index (χ4v) is 3.88. The van der Waals surface area contributed by atoms with E-state index in [0.29, 0.717) is 24.8 Å². The van der Waals surface area contributed by atoms with Gasteiger partial charge in [-0.1, -0.05) is 25.0 Å². The van der Waals surface area contributed by atoms with E-state index in [-0.39, 0.29) is 11.8 Å². The van der Waals surface area contributed by atoms with Crippen LogP contribution in [0.2, 0.25) is 0 Å². The van der Waals surface area contributed by atoms with Crippen LogP contribution in [0, 0.1) is 0 Å². The van der Waals surface area contributed by atoms with Gasteiger partial charge in [-0.3, -0.25) is 9.59 Å². The van der Waals surface area contributed by atoms with Gasteiger partial charge in [0.25, 0.3) is 0 Å². The van der Waals surface area contributed by atoms with Crippen molar-refractivity contribution in [3.63, 3.8) is 0 Å². The molecule has 0 aromatic heterocycles. The summed E-state index contributed by atoms with van der Waals surface area (Å²) in [6.45, 7) is 1.52. The average Bonchev–Trinajstić information content (AvgIpc) is 3.31. The van der Waals surface area contributed by atoms with Gasteiger partial charge in [-0.15, -0.1) is 0 Å². The molecular weight excluding hydrogens is 316 g/mol. The van der Waals surface area contributed by atoms with Crippen LogP contribution in [0.5, 0.6) is 5.75 Å². The molecule has 1 N–H and O–H groups in total. The van der Waals surface area contributed by atoms with E-state index >= 15 is 0 Å². The summed E-state index contributed by atoms with van der Waals surface area (Å²) in [7, 11) is 1.66. The third kappa shape index (κ3) is 4.74. The number of likely N-dealkylation sites (tertiary alicyclic amines) is 1. The van der Waals surface area contributed by atoms with Gasteiger partial charge >= 0.3 is 0 Å². The lowest BCUT2D eigenvalue weighted by molar-refractivity contribution is -0.132. The van der Waals surface area contributed by atoms with Gasteiger partial charge in [0.15, 0.2) is 0 Å². The van der Waals surface area contributed by atoms with Crippen LogP contribution in [0.1, 0.15) is 56.4 Å². The van der Waals surface area contributed by atoms with Crippen LogP contribution in [0.25, 0.3) is 0 Å². The Morgan fingerprint density at radius 1 is 1.12 bits per heavy atom. The molecule has 1 saturated carbocycles. The summed E-state index contributed by atoms with van der Waals surface area (Å²) in [6.07, 6.45) is 6.15. The first-order valence-corrected chi connectivity index (χ1v) is 9.37. The third-order valence-corrected chi connectivity index (χ3v) is 5.41. The summed E-state index contributed by atoms with van der Waals surface area (Å²) < 4.78 is 5.19. The predicted octanol–water partition coefficient (Wildman–Crippen LogP) is 2.85. The number of nitrogens with one attached hydrogen (secondary N) is 1. The number of hydrogen-bond donors (Lipinski definition) is 1. The maximum atomic E-state index is 12.4. The Labute approximate surface area is 149 Å². The second-order valence-electron chi connectivity index (χ2n) is 7.15. The summed E-state index contributed by atoms with van der Waals surface area (Å²) in [6, 6.07) is 8.41. The molecule has 1 aromatic rings. The molecule has 5 nitrogen and oxygen atoms in total. The number of carbonyl (C=O) groups is 2. The molecule has 1 aliphatic carbocycles. The summed E-state index contributed by atoms with van der Waals surface area (Å²) in [5, 5.41) is 3.05. The van der Waals surface area contributed by atoms with E-state index in [1.54, 1.807) is 7.11 Å². The lowest BCUT2D eigenvalue weighted by Crippen LogP contribution is -2.34. The zero-order valence-electron chi connectivity index (χ0n) is 15.0. The Morgan fingerprint density at radius 3 is 2.52 bits per heavy atom. The normalized spacial score (nSPS) is 20.7. The molecule has 0 spiro atoms. The minimum atomic E-state index is 0.0196. The molecule has 136 valence electrons. The molecule has 2 fully saturated rings. The van der Waals surface area contributed by atoms with Crippen molar-refractivity contribution < 1.29 is 14.3 Å². The van der Waals surface area contributed by atoms with E-state index in [4.69, 9.17) is 4.74 Å². The first-order valence-electron chi connectivity index (χ1n) is 9.37. The van der Waals surface area contributed by atoms with Crippen molar-refractivity contribution in [3.8, 4) is 5.75 Å². The van der Waals surface area contributed by atoms with E-state index in [9.17, 15) is 9.59 Å². The van der Waals surface area contributed by atoms with Gasteiger partial charge in [0.1, 0.15) is 5.75 Å². The molecule has 2 amide bonds. The van der Waals surface area contributed by atoms with E-state index in [2.05, 4.69) is 17.4 Å². The summed E-state index contributed by atoms with van der Waals surface area (Å²) >= 11 is 0. The summed E-state index contributed by atoms with van der Waals surface area (Å²) in [4.78, 5) is 26.3. The maximum Gasteiger partial charge on any atom is 0.223 e. The molecule has 0 bridgehead atoms. The molecule has 0 radical (unpaired) electrons. The number of methoxy groups -OCH3 is 1. The number of nitrogens with zero attached hydrogens (tertiary/aromatic N) is 1. The molecule has 1 heterocycles. The number of ether oxygens (including phenoxy) is 1. The van der Waals surface area contributed by atoms with E-state index in [1.807, 2.05) is 17.0 Å². The number of rotatable bonds is 6. The minimum absolute atomic E-state index is 0.0196. The molecular formula is C20H28N2O3. The van der Waals surface area contributed by atoms with Crippen molar-refractivity contribution in [3.05, 3.63) is 29.8 Å². The minimum Gasteiger partial charge on any atom is -0.497 e. The standard InChI is InChI=1S/C20H28N2O3/c1-25-18-8-6-15(7-9-18)16-12-13-22(14-16)20(24)11-10-19(23)21-17-4-2-3-5-17/h6-9,16-17H,2-5,10-14H2,1H3,(H,21,23)/t16-/m0/s1. The fraction of sp³-hybridized carbons (Fsp3) is 0.600. The second-order valence-corrected chi connectivity index (χ2v) is 7.15. The quantitative estimate of drug-likeness (QED) is 0.863. The second kappa shape index (κ2) is 8.37. The Kier molecular flexibility index (Phi) is 5.95. The fourth-order valence-electron chi connectivity index (χ4n) is 3.88. The Hall–Kier alpha value is -2.04. The van der Waals surface area contributed by atoms with Gasteiger partial charge in [0.2, 0.25) is 11.8 Å². The highest BCUT2D eigenvalue weighted by Crippen LogP contribution is 2.29. The topological polar surface area (TPSA) is 58.6 Å². The monoisotopic (exact) mass is 344 g/mol. The highest BCUT2D eigenvalue weighted by Gasteiger charge is 2.27. The van der Waals surface area contributed by atoms with E-state index < -0.39 is 0 Å². The van der Waals surface area contributed by atoms with Gasteiger partial charge in [-0.05, 0) is 37.0 Å². The van der Waals surface area contributed by atoms with E-state index in [1.165, 1.54) is 18.4 Å². The Balaban J connectivity index is 1.43. The summed E-state index contributed by atoms with van der Waals surface area (Å²) in [5.41, 5.74) is 1.25. The molecule has 3 rings (SSSR count). The number of carbonyl (C=O) groups excluding carboxylic acids is 2. The van der Waals surface area contributed by atoms with Crippen LogP contribution in [0.15, 0.2) is 24.3 Å². The highest BCUT2D eigenvalue weighted by atomic mass is 16.5. The molecule has 1 aliphatic heterocycles. The molecule has 1 aromatic carbocycles. The lowest BCUT2D eigenvalue weighted by atomic mass is 9.98. The molecule has 5 heteroatoms. The SMILES string of the molecule is COc1ccc([C@H]2CCN(C(=O)CCC(=O)NC3CCCC3)C2)cc1. The Morgan fingerprint density at radius 2 is 1.84 bits per heavy atom. The van der Waals surface area contributed by atoms with Crippen molar-refractivity contribution in [1.29, 1.82) is 0 Å². The molecule has 1 saturated heterocycles. The number of hydrogen-bond acceptors (Lipinski definition) is 3. The van der Waals surface area contributed by atoms with Gasteiger partial charge in [-0.2, -0.15) is 0 Å². The predicted molar refractivity (Wildman–Crippen MR) is 96.6 cm³/mol. The van der Waals surface area contributed by atoms with Crippen molar-refractivity contribution >= 4 is 11.8 Å². The van der Waals surface area contributed by atoms with Crippen molar-refractivity contribution in [2.24, 2.45) is 0 Å². The number of amides is 2. The summed E-state index contributed by atoms with van der Waals surface area (Å²) in [5.74, 6) is 1.34. The van der Waals surface area contributed by atoms with Crippen LogP contribution < -0.4 is 10.1 Å². The van der Waals surface area contributed by atoms with Gasteiger partial charge in [0.05, 0.1) is 7.11 Å². The van der Waals surface area contributed by atoms with Gasteiger partial charge in [-0.25, -0.2) is 0 Å². The smallest absolute Gasteiger partial charge is 0.223 e. The van der Waals surface area contributed by atoms with Crippen molar-refractivity contribution in [1.82, 2.24) is 10.2 Å². The molecule has 25 heavy (non-hydrogen) atoms. The van der Waals surface area contributed by atoms with Crippen LogP contribution in [0.4, 0.5) is 0 Å². The maximum absolute atomic E-state index is 12.4. The zero-order valence-corrected chi connectivity index (χ0v) is 15.0. The van der Waals surface area contributed by atoms with Crippen LogP contribution in [0.3, 0.4) is 0 Å². The first-order chi connectivity index (χ1) is 12.2. The van der Waals surface area contributed by atoms with Gasteiger partial charge < -0.3 is 15.0 Å². The highest BCUT2D eigenvalue weighted by molar-refractivity contribution is 5.84. The zero-order chi connectivity index (χ0) is 17.6. The molecule has 2 aliphatic rings. The Bertz CT molecular complexity index is 593. The van der Waals surface area contributed by atoms with Crippen molar-refractivity contribution in [2.45, 2.75) is 56.9 Å². The van der Waals surface area contributed by atoms with Gasteiger partial charge in [0, 0.05) is 37.9 Å². The van der Waals surface area contributed by atoms with Crippen LogP contribution in [-0.2, 0) is 9.59 Å². The molecule has 1 atom stereocenters. The first kappa shape index (κ1) is 17.8. The molecule has 0 unspecified atom stereocenters. The lowest BCUT2D eigenvalue weighted by Gasteiger charge is -2.17. The third-order valence-electron chi connectivity index (χ3n) is 5.41. The van der Waals surface area contributed by atoms with Crippen molar-refractivity contribution in [2.75, 3.05) is 20.2 Å². The van der Waals surface area contributed by atoms with Crippen LogP contribution in [-0.4, -0.2) is 43.0 Å². The van der Waals surface area contributed by atoms with E-state index in [0.717, 1.165) is 38.1 Å².